The van der Waals surface area contributed by atoms with E-state index in [1.165, 1.54) is 51.2 Å². The molecule has 0 bridgehead atoms. The number of thiazole rings is 1. The smallest absolute Gasteiger partial charge is 0.313 e. The van der Waals surface area contributed by atoms with Crippen LogP contribution >= 0.6 is 46.2 Å². The number of hydrogen-bond acceptors (Lipinski definition) is 18. The number of rotatable bonds is 11. The van der Waals surface area contributed by atoms with E-state index < -0.39 is 64.5 Å². The maximum Gasteiger partial charge on any atom is 0.313 e. The van der Waals surface area contributed by atoms with E-state index in [0.29, 0.717) is 4.34 Å². The third-order valence-corrected chi connectivity index (χ3v) is 11.0. The number of carboxylic acid groups (broad SMARTS) is 1. The highest BCUT2D eigenvalue weighted by atomic mass is 32.2. The second-order valence-corrected chi connectivity index (χ2v) is 13.7. The second-order valence-electron chi connectivity index (χ2n) is 9.69. The van der Waals surface area contributed by atoms with Crippen LogP contribution in [0.25, 0.3) is 0 Å². The molecule has 0 spiro atoms. The number of nitrogens with zero attached hydrogens (tertiary/aromatic N) is 5. The number of carbonyl (C=O) groups excluding carboxylic acids is 4. The molecule has 23 heteroatoms. The van der Waals surface area contributed by atoms with Crippen molar-refractivity contribution in [3.05, 3.63) is 40.3 Å². The van der Waals surface area contributed by atoms with Crippen LogP contribution in [0.15, 0.2) is 38.6 Å². The number of phenolic OH excluding ortho intramolecular Hbond substituents is 2. The molecule has 2 aromatic heterocycles. The number of nitrogens with one attached hydrogen (secondary N) is 3. The Hall–Kier alpha value is -4.71. The summed E-state index contributed by atoms with van der Waals surface area (Å²) >= 11 is 4.77. The number of oxime groups is 1. The minimum Gasteiger partial charge on any atom is -0.504 e. The molecule has 47 heavy (non-hydrogen) atoms. The van der Waals surface area contributed by atoms with Crippen molar-refractivity contribution in [1.82, 2.24) is 42.4 Å². The van der Waals surface area contributed by atoms with Crippen molar-refractivity contribution in [3.8, 4) is 11.5 Å². The molecular weight excluding hydrogens is 701 g/mol. The predicted octanol–water partition coefficient (Wildman–Crippen LogP) is -0.405. The Morgan fingerprint density at radius 2 is 1.98 bits per heavy atom. The average Bonchev–Trinajstić information content (AvgIpc) is 3.72. The van der Waals surface area contributed by atoms with E-state index in [9.17, 15) is 39.3 Å². The molecule has 2 saturated heterocycles. The largest absolute Gasteiger partial charge is 0.504 e. The zero-order chi connectivity index (χ0) is 33.0. The van der Waals surface area contributed by atoms with Crippen molar-refractivity contribution in [2.45, 2.75) is 15.8 Å². The Labute approximate surface area is 280 Å². The van der Waals surface area contributed by atoms with Crippen LogP contribution < -0.4 is 28.1 Å². The minimum absolute atomic E-state index is 0. The molecule has 0 aliphatic carbocycles. The van der Waals surface area contributed by atoms with Gasteiger partial charge in [-0.3, -0.25) is 34.8 Å². The van der Waals surface area contributed by atoms with Gasteiger partial charge in [0.2, 0.25) is 5.91 Å². The van der Waals surface area contributed by atoms with Gasteiger partial charge in [-0.25, -0.2) is 4.98 Å². The predicted molar refractivity (Wildman–Crippen MR) is 170 cm³/mol. The molecule has 19 nitrogen and oxygen atoms in total. The number of carbonyl (C=O) groups is 5. The van der Waals surface area contributed by atoms with Gasteiger partial charge in [0, 0.05) is 29.0 Å². The third kappa shape index (κ3) is 7.82. The number of hydrazine groups is 1. The molecule has 2 unspecified atom stereocenters. The number of fused-ring (bicyclic) bond motifs is 1. The van der Waals surface area contributed by atoms with Crippen molar-refractivity contribution in [2.75, 3.05) is 30.4 Å². The van der Waals surface area contributed by atoms with E-state index in [1.807, 2.05) is 0 Å². The lowest BCUT2D eigenvalue weighted by Gasteiger charge is -2.53. The molecule has 11 N–H and O–H groups in total. The van der Waals surface area contributed by atoms with Crippen molar-refractivity contribution in [2.24, 2.45) is 10.6 Å². The summed E-state index contributed by atoms with van der Waals surface area (Å²) in [7, 11) is 0. The van der Waals surface area contributed by atoms with E-state index in [0.717, 1.165) is 23.5 Å². The van der Waals surface area contributed by atoms with Gasteiger partial charge in [-0.05, 0) is 18.2 Å². The maximum atomic E-state index is 13.3. The topological polar surface area (TPSA) is 307 Å². The fraction of sp³-hybridized carbons (Fsp3) is 0.292. The van der Waals surface area contributed by atoms with Gasteiger partial charge < -0.3 is 42.3 Å². The highest BCUT2D eigenvalue weighted by molar-refractivity contribution is 8.01. The van der Waals surface area contributed by atoms with Gasteiger partial charge in [0.25, 0.3) is 17.7 Å². The zero-order valence-electron chi connectivity index (χ0n) is 23.8. The van der Waals surface area contributed by atoms with Crippen molar-refractivity contribution in [1.29, 1.82) is 0 Å². The first-order valence-electron chi connectivity index (χ1n) is 12.9. The van der Waals surface area contributed by atoms with Crippen molar-refractivity contribution >= 4 is 86.6 Å². The first kappa shape index (κ1) is 35.1. The lowest BCUT2D eigenvalue weighted by Crippen LogP contribution is -2.74. The van der Waals surface area contributed by atoms with Crippen LogP contribution in [0.1, 0.15) is 16.1 Å². The molecule has 1 aromatic carbocycles. The third-order valence-electron chi connectivity index (χ3n) is 6.58. The number of aromatic nitrogens is 3. The molecule has 4 heterocycles. The molecule has 3 atom stereocenters. The van der Waals surface area contributed by atoms with Crippen LogP contribution in [0, 0.1) is 5.41 Å². The zero-order valence-corrected chi connectivity index (χ0v) is 27.1. The van der Waals surface area contributed by atoms with E-state index in [-0.39, 0.29) is 46.3 Å². The molecule has 4 amide bonds. The summed E-state index contributed by atoms with van der Waals surface area (Å²) in [6.07, 6.45) is 0. The monoisotopic (exact) mass is 726 g/mol. The first-order chi connectivity index (χ1) is 22.0. The van der Waals surface area contributed by atoms with E-state index >= 15 is 0 Å². The molecule has 2 aliphatic heterocycles. The van der Waals surface area contributed by atoms with Crippen LogP contribution in [0.4, 0.5) is 5.13 Å². The Balaban J connectivity index is 0.00000500. The summed E-state index contributed by atoms with van der Waals surface area (Å²) in [5, 5.41) is 43.9. The quantitative estimate of drug-likeness (QED) is 0.0410. The van der Waals surface area contributed by atoms with E-state index in [1.54, 1.807) is 5.51 Å². The van der Waals surface area contributed by atoms with Crippen molar-refractivity contribution in [3.63, 3.8) is 0 Å². The summed E-state index contributed by atoms with van der Waals surface area (Å²) in [6, 6.07) is 2.31. The number of anilines is 1. The fourth-order valence-corrected chi connectivity index (χ4v) is 8.09. The van der Waals surface area contributed by atoms with Gasteiger partial charge >= 0.3 is 5.97 Å². The van der Waals surface area contributed by atoms with Gasteiger partial charge in [-0.2, -0.15) is 0 Å². The molecule has 2 fully saturated rings. The number of carboxylic acids is 1. The van der Waals surface area contributed by atoms with Crippen molar-refractivity contribution < 1.29 is 44.1 Å². The number of β-lactam (4-membered cyclic amide) rings is 1. The number of benzene rings is 1. The lowest BCUT2D eigenvalue weighted by atomic mass is 9.89. The van der Waals surface area contributed by atoms with Crippen LogP contribution in [-0.2, 0) is 24.0 Å². The first-order valence-corrected chi connectivity index (χ1v) is 16.6. The average molecular weight is 727 g/mol. The van der Waals surface area contributed by atoms with Gasteiger partial charge in [0.1, 0.15) is 28.0 Å². The molecule has 0 radical (unpaired) electrons. The van der Waals surface area contributed by atoms with Gasteiger partial charge in [0.15, 0.2) is 33.3 Å². The number of nitrogens with two attached hydrogens (primary N) is 1. The Kier molecular flexibility index (Phi) is 11.1. The van der Waals surface area contributed by atoms with Gasteiger partial charge in [-0.1, -0.05) is 28.3 Å². The Morgan fingerprint density at radius 1 is 1.19 bits per heavy atom. The van der Waals surface area contributed by atoms with Crippen LogP contribution in [-0.4, -0.2) is 107 Å². The minimum atomic E-state index is -1.23. The molecule has 2 aliphatic rings. The van der Waals surface area contributed by atoms with Crippen LogP contribution in [0.5, 0.6) is 11.5 Å². The van der Waals surface area contributed by atoms with Gasteiger partial charge in [-0.15, -0.1) is 33.3 Å². The second kappa shape index (κ2) is 14.8. The normalized spacial score (nSPS) is 20.2. The number of aliphatic carboxylic acids is 1. The summed E-state index contributed by atoms with van der Waals surface area (Å²) in [4.78, 5) is 73.4. The highest BCUT2D eigenvalue weighted by Gasteiger charge is 2.57. The van der Waals surface area contributed by atoms with Gasteiger partial charge in [0.05, 0.1) is 0 Å². The Morgan fingerprint density at radius 3 is 2.64 bits per heavy atom. The lowest BCUT2D eigenvalue weighted by molar-refractivity contribution is -0.157. The summed E-state index contributed by atoms with van der Waals surface area (Å²) < 4.78 is 0.613. The number of phenols is 2. The molecule has 250 valence electrons. The van der Waals surface area contributed by atoms with Crippen LogP contribution in [0.3, 0.4) is 0 Å². The molecule has 5 rings (SSSR count). The molecule has 0 saturated carbocycles. The van der Waals surface area contributed by atoms with E-state index in [4.69, 9.17) is 10.6 Å². The number of hydrogen-bond donors (Lipinski definition) is 8. The molecule has 3 aromatic rings. The standard InChI is InChI=1S/C24H23N9O9S4.H3N/c25-22-27-11(5-43-22)15(32-42-4-14(36)29-30-17(37)10-1-2-12(34)13(35)3-10)18(38)28-16-19(39)33-6-24(21(40)41,7-44-20(16)33)8-45-23-31-26-9-46-23;/h1-3,5,9,16,20,34-35H,4,6-8H2,(H2,25,27)(H,28,38)(H,29,36)(H,30,37)(H,40,41);1H3/t16?,20-,24?;/m1./s1. The maximum absolute atomic E-state index is 13.3. The highest BCUT2D eigenvalue weighted by Crippen LogP contribution is 2.44. The summed E-state index contributed by atoms with van der Waals surface area (Å²) in [5.41, 5.74) is 9.74. The fourth-order valence-electron chi connectivity index (χ4n) is 4.20. The SMILES string of the molecule is N.Nc1nc(C(=NOCC(=O)NNC(=O)c2ccc(O)c(O)c2)C(=O)NC2C(=O)N3CC(CSc4nncs4)(C(=O)O)CS[C@H]23)cs1. The van der Waals surface area contributed by atoms with Crippen LogP contribution in [0.2, 0.25) is 0 Å². The summed E-state index contributed by atoms with van der Waals surface area (Å²) in [6.45, 7) is -0.804. The number of aromatic hydroxyl groups is 2. The number of thioether (sulfide) groups is 2. The number of nitrogen functional groups attached to an aromatic ring is 1. The summed E-state index contributed by atoms with van der Waals surface area (Å²) in [5.74, 6) is -4.66. The number of amides is 4. The molecular formula is C24H26N10O9S4. The Bertz CT molecular complexity index is 1710. The van der Waals surface area contributed by atoms with E-state index in [2.05, 4.69) is 36.5 Å².